The molecule has 0 saturated carbocycles. The summed E-state index contributed by atoms with van der Waals surface area (Å²) in [4.78, 5) is 9.65. The highest BCUT2D eigenvalue weighted by Crippen LogP contribution is 2.03. The molecule has 0 aliphatic rings. The molecule has 3 nitrogen and oxygen atoms in total. The van der Waals surface area contributed by atoms with Crippen molar-refractivity contribution in [1.29, 1.82) is 0 Å². The summed E-state index contributed by atoms with van der Waals surface area (Å²) in [6.07, 6.45) is 5.50. The first-order valence-electron chi connectivity index (χ1n) is 3.07. The van der Waals surface area contributed by atoms with E-state index in [0.29, 0.717) is 0 Å². The van der Waals surface area contributed by atoms with E-state index in [2.05, 4.69) is 21.7 Å². The van der Waals surface area contributed by atoms with E-state index in [4.69, 9.17) is 0 Å². The summed E-state index contributed by atoms with van der Waals surface area (Å²) in [5.41, 5.74) is 0.956. The van der Waals surface area contributed by atoms with Crippen LogP contribution in [0.15, 0.2) is 12.4 Å². The summed E-state index contributed by atoms with van der Waals surface area (Å²) in [7, 11) is 0. The van der Waals surface area contributed by atoms with E-state index in [1.807, 2.05) is 19.1 Å². The van der Waals surface area contributed by atoms with Crippen LogP contribution in [-0.2, 0) is 0 Å². The topological polar surface area (TPSA) is 42.6 Å². The van der Waals surface area contributed by atoms with E-state index in [9.17, 15) is 0 Å². The second-order valence-corrected chi connectivity index (χ2v) is 1.84. The van der Waals surface area contributed by atoms with Gasteiger partial charge in [0.15, 0.2) is 0 Å². The molecular formula is C7H10N3+. The summed E-state index contributed by atoms with van der Waals surface area (Å²) in [6, 6.07) is 0. The minimum absolute atomic E-state index is 0.776. The molecule has 1 heterocycles. The summed E-state index contributed by atoms with van der Waals surface area (Å²) < 4.78 is 0. The van der Waals surface area contributed by atoms with Gasteiger partial charge in [-0.1, -0.05) is 6.08 Å². The maximum absolute atomic E-state index is 3.97. The van der Waals surface area contributed by atoms with E-state index in [1.54, 1.807) is 6.33 Å². The molecular weight excluding hydrogens is 126 g/mol. The SMILES string of the molecule is C=[NH+]c1nc[nH]c1/C=C\C. The van der Waals surface area contributed by atoms with Crippen LogP contribution < -0.4 is 4.99 Å². The molecule has 0 spiro atoms. The van der Waals surface area contributed by atoms with Crippen LogP contribution in [-0.4, -0.2) is 16.7 Å². The minimum atomic E-state index is 0.776. The van der Waals surface area contributed by atoms with Gasteiger partial charge in [0.05, 0.1) is 6.72 Å². The average molecular weight is 136 g/mol. The minimum Gasteiger partial charge on any atom is -0.319 e. The van der Waals surface area contributed by atoms with Gasteiger partial charge in [0, 0.05) is 0 Å². The van der Waals surface area contributed by atoms with Crippen LogP contribution in [0.1, 0.15) is 12.6 Å². The molecule has 0 fully saturated rings. The Kier molecular flexibility index (Phi) is 1.99. The number of rotatable bonds is 2. The monoisotopic (exact) mass is 136 g/mol. The van der Waals surface area contributed by atoms with E-state index < -0.39 is 0 Å². The quantitative estimate of drug-likeness (QED) is 0.546. The first-order chi connectivity index (χ1) is 4.88. The highest BCUT2D eigenvalue weighted by Gasteiger charge is 2.05. The number of nitrogens with one attached hydrogen (secondary N) is 2. The Balaban J connectivity index is 3.00. The van der Waals surface area contributed by atoms with Crippen LogP contribution in [0.5, 0.6) is 0 Å². The normalized spacial score (nSPS) is 10.5. The Morgan fingerprint density at radius 3 is 3.20 bits per heavy atom. The Bertz CT molecular complexity index is 247. The van der Waals surface area contributed by atoms with E-state index in [0.717, 1.165) is 11.5 Å². The predicted octanol–water partition coefficient (Wildman–Crippen LogP) is -0.144. The van der Waals surface area contributed by atoms with Gasteiger partial charge in [0.2, 0.25) is 6.33 Å². The average Bonchev–Trinajstić information content (AvgIpc) is 2.36. The van der Waals surface area contributed by atoms with Gasteiger partial charge in [-0.25, -0.2) is 4.99 Å². The molecule has 3 heteroatoms. The van der Waals surface area contributed by atoms with Crippen molar-refractivity contribution in [3.8, 4) is 0 Å². The van der Waals surface area contributed by atoms with Crippen LogP contribution in [0, 0.1) is 0 Å². The molecule has 0 saturated heterocycles. The molecule has 0 atom stereocenters. The van der Waals surface area contributed by atoms with E-state index >= 15 is 0 Å². The first-order valence-corrected chi connectivity index (χ1v) is 3.07. The fourth-order valence-electron chi connectivity index (χ4n) is 0.739. The third-order valence-electron chi connectivity index (χ3n) is 1.17. The zero-order valence-corrected chi connectivity index (χ0v) is 5.89. The number of hydrogen-bond acceptors (Lipinski definition) is 1. The van der Waals surface area contributed by atoms with Crippen molar-refractivity contribution in [3.63, 3.8) is 0 Å². The summed E-state index contributed by atoms with van der Waals surface area (Å²) >= 11 is 0. The van der Waals surface area contributed by atoms with Crippen molar-refractivity contribution < 1.29 is 4.99 Å². The van der Waals surface area contributed by atoms with Crippen molar-refractivity contribution in [1.82, 2.24) is 9.97 Å². The Hall–Kier alpha value is -1.38. The third kappa shape index (κ3) is 1.13. The smallest absolute Gasteiger partial charge is 0.319 e. The number of hydrogen-bond donors (Lipinski definition) is 2. The number of aromatic nitrogens is 2. The largest absolute Gasteiger partial charge is 0.345 e. The lowest BCUT2D eigenvalue weighted by Gasteiger charge is -1.79. The molecule has 0 aliphatic carbocycles. The fourth-order valence-corrected chi connectivity index (χ4v) is 0.739. The lowest BCUT2D eigenvalue weighted by Crippen LogP contribution is -2.58. The van der Waals surface area contributed by atoms with Crippen LogP contribution >= 0.6 is 0 Å². The van der Waals surface area contributed by atoms with Crippen LogP contribution in [0.3, 0.4) is 0 Å². The molecule has 52 valence electrons. The molecule has 10 heavy (non-hydrogen) atoms. The number of imidazole rings is 1. The number of H-pyrrole nitrogens is 1. The van der Waals surface area contributed by atoms with Gasteiger partial charge in [-0.05, 0) is 18.0 Å². The van der Waals surface area contributed by atoms with Gasteiger partial charge in [0.1, 0.15) is 5.69 Å². The van der Waals surface area contributed by atoms with Crippen molar-refractivity contribution in [2.75, 3.05) is 0 Å². The summed E-state index contributed by atoms with van der Waals surface area (Å²) in [5.74, 6) is 0.776. The fraction of sp³-hybridized carbons (Fsp3) is 0.143. The van der Waals surface area contributed by atoms with Crippen molar-refractivity contribution in [3.05, 3.63) is 18.1 Å². The van der Waals surface area contributed by atoms with E-state index in [-0.39, 0.29) is 0 Å². The Morgan fingerprint density at radius 1 is 1.80 bits per heavy atom. The maximum atomic E-state index is 3.97. The Morgan fingerprint density at radius 2 is 2.60 bits per heavy atom. The molecule has 1 aromatic heterocycles. The lowest BCUT2D eigenvalue weighted by atomic mass is 10.4. The molecule has 1 aromatic rings. The van der Waals surface area contributed by atoms with Gasteiger partial charge >= 0.3 is 5.82 Å². The second-order valence-electron chi connectivity index (χ2n) is 1.84. The van der Waals surface area contributed by atoms with Crippen LogP contribution in [0.4, 0.5) is 5.82 Å². The molecule has 1 rings (SSSR count). The van der Waals surface area contributed by atoms with E-state index in [1.165, 1.54) is 0 Å². The lowest BCUT2D eigenvalue weighted by molar-refractivity contribution is -0.347. The summed E-state index contributed by atoms with van der Waals surface area (Å²) in [5, 5.41) is 0. The second kappa shape index (κ2) is 2.96. The maximum Gasteiger partial charge on any atom is 0.345 e. The third-order valence-corrected chi connectivity index (χ3v) is 1.17. The molecule has 0 unspecified atom stereocenters. The van der Waals surface area contributed by atoms with Gasteiger partial charge in [-0.15, -0.1) is 0 Å². The van der Waals surface area contributed by atoms with Gasteiger partial charge in [0.25, 0.3) is 0 Å². The Labute approximate surface area is 59.5 Å². The molecule has 0 aromatic carbocycles. The van der Waals surface area contributed by atoms with Crippen molar-refractivity contribution in [2.45, 2.75) is 6.92 Å². The number of nitrogens with zero attached hydrogens (tertiary/aromatic N) is 1. The molecule has 0 bridgehead atoms. The standard InChI is InChI=1S/C7H9N3/c1-3-4-6-7(8-2)10-5-9-6/h3-5H,2H2,1H3,(H,9,10)/p+1/b4-3-. The van der Waals surface area contributed by atoms with Crippen LogP contribution in [0.2, 0.25) is 0 Å². The van der Waals surface area contributed by atoms with Gasteiger partial charge in [-0.2, -0.15) is 0 Å². The van der Waals surface area contributed by atoms with Crippen LogP contribution in [0.25, 0.3) is 6.08 Å². The zero-order valence-electron chi connectivity index (χ0n) is 5.89. The molecule has 0 aliphatic heterocycles. The highest BCUT2D eigenvalue weighted by atomic mass is 15.0. The molecule has 2 N–H and O–H groups in total. The zero-order chi connectivity index (χ0) is 7.40. The van der Waals surface area contributed by atoms with Crippen molar-refractivity contribution >= 4 is 18.6 Å². The number of allylic oxidation sites excluding steroid dienone is 1. The predicted molar refractivity (Wildman–Crippen MR) is 41.0 cm³/mol. The van der Waals surface area contributed by atoms with Gasteiger partial charge < -0.3 is 4.98 Å². The van der Waals surface area contributed by atoms with Crippen molar-refractivity contribution in [2.24, 2.45) is 0 Å². The number of aromatic amines is 1. The van der Waals surface area contributed by atoms with Gasteiger partial charge in [-0.3, -0.25) is 0 Å². The summed E-state index contributed by atoms with van der Waals surface area (Å²) in [6.45, 7) is 5.46. The highest BCUT2D eigenvalue weighted by molar-refractivity contribution is 5.52. The molecule has 0 radical (unpaired) electrons. The molecule has 0 amide bonds. The first kappa shape index (κ1) is 6.74.